The fourth-order valence-electron chi connectivity index (χ4n) is 3.48. The zero-order valence-corrected chi connectivity index (χ0v) is 18.1. The fraction of sp³-hybridized carbons (Fsp3) is 0.476. The van der Waals surface area contributed by atoms with E-state index in [4.69, 9.17) is 21.1 Å². The second kappa shape index (κ2) is 9.95. The molecule has 0 bridgehead atoms. The summed E-state index contributed by atoms with van der Waals surface area (Å²) in [6, 6.07) is 7.14. The first-order valence-corrected chi connectivity index (χ1v) is 10.3. The molecule has 8 nitrogen and oxygen atoms in total. The number of carbonyl (C=O) groups is 1. The van der Waals surface area contributed by atoms with Gasteiger partial charge in [-0.15, -0.1) is 0 Å². The molecule has 1 aromatic carbocycles. The number of ether oxygens (including phenoxy) is 2. The van der Waals surface area contributed by atoms with Gasteiger partial charge in [0, 0.05) is 37.8 Å². The van der Waals surface area contributed by atoms with Crippen molar-refractivity contribution < 1.29 is 19.4 Å². The first-order valence-electron chi connectivity index (χ1n) is 9.93. The van der Waals surface area contributed by atoms with Gasteiger partial charge in [0.1, 0.15) is 17.3 Å². The molecule has 0 spiro atoms. The molecule has 2 heterocycles. The minimum atomic E-state index is -0.552. The molecule has 1 fully saturated rings. The zero-order valence-electron chi connectivity index (χ0n) is 17.4. The molecule has 1 aliphatic rings. The van der Waals surface area contributed by atoms with Crippen LogP contribution in [0.25, 0.3) is 0 Å². The lowest BCUT2D eigenvalue weighted by molar-refractivity contribution is 0.0594. The standard InChI is InChI=1S/C21H27ClN4O4/c1-13(2)30-17-9-14(8-16(27)10-17)12-26-6-4-15(5-7-26)23-19-11-18(20(28)29-3)24-21(22)25-19/h8-11,13,15,27H,4-7,12H2,1-3H3,(H,23,24,25). The predicted molar refractivity (Wildman–Crippen MR) is 114 cm³/mol. The number of rotatable bonds is 7. The minimum Gasteiger partial charge on any atom is -0.508 e. The number of piperidine rings is 1. The number of likely N-dealkylation sites (tertiary alicyclic amines) is 1. The topological polar surface area (TPSA) is 96.8 Å². The average Bonchev–Trinajstić information content (AvgIpc) is 2.67. The third-order valence-electron chi connectivity index (χ3n) is 4.76. The number of hydrogen-bond acceptors (Lipinski definition) is 8. The Bertz CT molecular complexity index is 885. The SMILES string of the molecule is COC(=O)c1cc(NC2CCN(Cc3cc(O)cc(OC(C)C)c3)CC2)nc(Cl)n1. The summed E-state index contributed by atoms with van der Waals surface area (Å²) in [4.78, 5) is 22.1. The van der Waals surface area contributed by atoms with Gasteiger partial charge in [-0.05, 0) is 56.0 Å². The van der Waals surface area contributed by atoms with Crippen LogP contribution in [0, 0.1) is 0 Å². The number of methoxy groups -OCH3 is 1. The number of benzene rings is 1. The van der Waals surface area contributed by atoms with E-state index in [1.54, 1.807) is 18.2 Å². The Morgan fingerprint density at radius 2 is 2.00 bits per heavy atom. The summed E-state index contributed by atoms with van der Waals surface area (Å²) in [5.41, 5.74) is 1.14. The zero-order chi connectivity index (χ0) is 21.7. The van der Waals surface area contributed by atoms with Crippen molar-refractivity contribution in [2.45, 2.75) is 45.4 Å². The average molecular weight is 435 g/mol. The summed E-state index contributed by atoms with van der Waals surface area (Å²) in [6.07, 6.45) is 1.86. The third-order valence-corrected chi connectivity index (χ3v) is 4.93. The molecule has 0 amide bonds. The molecule has 3 rings (SSSR count). The number of aromatic hydroxyl groups is 1. The molecular weight excluding hydrogens is 408 g/mol. The first-order chi connectivity index (χ1) is 14.3. The highest BCUT2D eigenvalue weighted by Gasteiger charge is 2.21. The number of hydrogen-bond donors (Lipinski definition) is 2. The monoisotopic (exact) mass is 434 g/mol. The van der Waals surface area contributed by atoms with Crippen LogP contribution in [0.5, 0.6) is 11.5 Å². The number of carbonyl (C=O) groups excluding carboxylic acids is 1. The van der Waals surface area contributed by atoms with Crippen LogP contribution < -0.4 is 10.1 Å². The number of anilines is 1. The van der Waals surface area contributed by atoms with Gasteiger partial charge in [0.05, 0.1) is 13.2 Å². The molecule has 0 radical (unpaired) electrons. The molecule has 9 heteroatoms. The predicted octanol–water partition coefficient (Wildman–Crippen LogP) is 3.49. The Hall–Kier alpha value is -2.58. The van der Waals surface area contributed by atoms with Gasteiger partial charge < -0.3 is 19.9 Å². The van der Waals surface area contributed by atoms with Crippen LogP contribution in [0.4, 0.5) is 5.82 Å². The summed E-state index contributed by atoms with van der Waals surface area (Å²) in [6.45, 7) is 6.43. The molecule has 0 saturated carbocycles. The van der Waals surface area contributed by atoms with E-state index in [0.717, 1.165) is 38.0 Å². The molecule has 0 aliphatic carbocycles. The summed E-state index contributed by atoms with van der Waals surface area (Å²) in [5.74, 6) is 0.849. The van der Waals surface area contributed by atoms with Gasteiger partial charge in [-0.25, -0.2) is 14.8 Å². The van der Waals surface area contributed by atoms with Crippen LogP contribution in [0.3, 0.4) is 0 Å². The van der Waals surface area contributed by atoms with E-state index in [1.165, 1.54) is 7.11 Å². The van der Waals surface area contributed by atoms with Gasteiger partial charge in [-0.1, -0.05) is 0 Å². The molecule has 0 atom stereocenters. The summed E-state index contributed by atoms with van der Waals surface area (Å²) in [5, 5.41) is 13.3. The number of aromatic nitrogens is 2. The van der Waals surface area contributed by atoms with Gasteiger partial charge in [0.25, 0.3) is 0 Å². The second-order valence-electron chi connectivity index (χ2n) is 7.60. The maximum absolute atomic E-state index is 11.7. The second-order valence-corrected chi connectivity index (χ2v) is 7.93. The van der Waals surface area contributed by atoms with Gasteiger partial charge >= 0.3 is 5.97 Å². The Morgan fingerprint density at radius 1 is 1.27 bits per heavy atom. The van der Waals surface area contributed by atoms with Crippen LogP contribution >= 0.6 is 11.6 Å². The lowest BCUT2D eigenvalue weighted by Gasteiger charge is -2.32. The van der Waals surface area contributed by atoms with Gasteiger partial charge in [0.15, 0.2) is 5.69 Å². The van der Waals surface area contributed by atoms with Crippen LogP contribution in [-0.2, 0) is 11.3 Å². The van der Waals surface area contributed by atoms with E-state index in [-0.39, 0.29) is 28.9 Å². The molecule has 1 aliphatic heterocycles. The molecule has 0 unspecified atom stereocenters. The highest BCUT2D eigenvalue weighted by atomic mass is 35.5. The molecule has 1 aromatic heterocycles. The van der Waals surface area contributed by atoms with Crippen molar-refractivity contribution in [1.82, 2.24) is 14.9 Å². The molecule has 2 aromatic rings. The number of esters is 1. The summed E-state index contributed by atoms with van der Waals surface area (Å²) < 4.78 is 10.4. The van der Waals surface area contributed by atoms with E-state index in [2.05, 4.69) is 20.2 Å². The molecule has 162 valence electrons. The third kappa shape index (κ3) is 6.21. The summed E-state index contributed by atoms with van der Waals surface area (Å²) >= 11 is 5.93. The fourth-order valence-corrected chi connectivity index (χ4v) is 3.66. The Labute approximate surface area is 181 Å². The van der Waals surface area contributed by atoms with Gasteiger partial charge in [-0.2, -0.15) is 0 Å². The van der Waals surface area contributed by atoms with Gasteiger partial charge in [0.2, 0.25) is 5.28 Å². The van der Waals surface area contributed by atoms with Crippen molar-refractivity contribution in [3.8, 4) is 11.5 Å². The first kappa shape index (κ1) is 22.1. The van der Waals surface area contributed by atoms with Crippen molar-refractivity contribution in [1.29, 1.82) is 0 Å². The number of halogens is 1. The number of phenols is 1. The normalized spacial score (nSPS) is 15.2. The highest BCUT2D eigenvalue weighted by Crippen LogP contribution is 2.25. The number of nitrogens with one attached hydrogen (secondary N) is 1. The molecule has 2 N–H and O–H groups in total. The van der Waals surface area contributed by atoms with Crippen molar-refractivity contribution in [2.24, 2.45) is 0 Å². The lowest BCUT2D eigenvalue weighted by Crippen LogP contribution is -2.38. The number of nitrogens with zero attached hydrogens (tertiary/aromatic N) is 3. The number of phenolic OH excluding ortho intramolecular Hbond substituents is 1. The van der Waals surface area contributed by atoms with Crippen LogP contribution in [-0.4, -0.2) is 58.3 Å². The van der Waals surface area contributed by atoms with E-state index in [1.807, 2.05) is 19.9 Å². The van der Waals surface area contributed by atoms with Crippen molar-refractivity contribution in [2.75, 3.05) is 25.5 Å². The van der Waals surface area contributed by atoms with E-state index >= 15 is 0 Å². The maximum Gasteiger partial charge on any atom is 0.356 e. The smallest absolute Gasteiger partial charge is 0.356 e. The van der Waals surface area contributed by atoms with E-state index in [9.17, 15) is 9.90 Å². The van der Waals surface area contributed by atoms with Crippen molar-refractivity contribution in [3.05, 3.63) is 40.8 Å². The quantitative estimate of drug-likeness (QED) is 0.505. The lowest BCUT2D eigenvalue weighted by atomic mass is 10.0. The Morgan fingerprint density at radius 3 is 2.67 bits per heavy atom. The Balaban J connectivity index is 1.56. The van der Waals surface area contributed by atoms with Gasteiger partial charge in [-0.3, -0.25) is 4.90 Å². The van der Waals surface area contributed by atoms with E-state index in [0.29, 0.717) is 11.6 Å². The van der Waals surface area contributed by atoms with Crippen LogP contribution in [0.1, 0.15) is 42.7 Å². The molecule has 30 heavy (non-hydrogen) atoms. The van der Waals surface area contributed by atoms with Crippen LogP contribution in [0.2, 0.25) is 5.28 Å². The maximum atomic E-state index is 11.7. The van der Waals surface area contributed by atoms with Crippen LogP contribution in [0.15, 0.2) is 24.3 Å². The highest BCUT2D eigenvalue weighted by molar-refractivity contribution is 6.28. The minimum absolute atomic E-state index is 0.00106. The molecule has 1 saturated heterocycles. The van der Waals surface area contributed by atoms with Crippen molar-refractivity contribution in [3.63, 3.8) is 0 Å². The summed E-state index contributed by atoms with van der Waals surface area (Å²) in [7, 11) is 1.30. The molecular formula is C21H27ClN4O4. The van der Waals surface area contributed by atoms with E-state index < -0.39 is 5.97 Å². The van der Waals surface area contributed by atoms with Crippen molar-refractivity contribution >= 4 is 23.4 Å². The Kier molecular flexibility index (Phi) is 7.33. The largest absolute Gasteiger partial charge is 0.508 e.